The van der Waals surface area contributed by atoms with Gasteiger partial charge in [-0.25, -0.2) is 0 Å². The Morgan fingerprint density at radius 1 is 1.44 bits per heavy atom. The monoisotopic (exact) mass is 310 g/mol. The Bertz CT molecular complexity index is 384. The molecule has 100 valence electrons. The minimum absolute atomic E-state index is 0.169. The molecule has 0 spiro atoms. The third-order valence-corrected chi connectivity index (χ3v) is 4.22. The predicted octanol–water partition coefficient (Wildman–Crippen LogP) is 3.07. The van der Waals surface area contributed by atoms with E-state index in [1.54, 1.807) is 0 Å². The van der Waals surface area contributed by atoms with E-state index in [4.69, 9.17) is 0 Å². The summed E-state index contributed by atoms with van der Waals surface area (Å²) < 4.78 is 1.16. The number of nitrogens with one attached hydrogen (secondary N) is 2. The molecule has 2 N–H and O–H groups in total. The van der Waals surface area contributed by atoms with E-state index in [-0.39, 0.29) is 5.41 Å². The van der Waals surface area contributed by atoms with Crippen LogP contribution in [0.3, 0.4) is 0 Å². The standard InChI is InChI=1S/C15H23BrN2/c1-15(2,12-5-3-6-13(16)9-12)11-17-10-14-7-4-8-18-14/h3,5-6,9,14,17-18H,4,7-8,10-11H2,1-2H3. The maximum Gasteiger partial charge on any atom is 0.0192 e. The highest BCUT2D eigenvalue weighted by molar-refractivity contribution is 9.10. The van der Waals surface area contributed by atoms with Gasteiger partial charge in [0.2, 0.25) is 0 Å². The smallest absolute Gasteiger partial charge is 0.0192 e. The van der Waals surface area contributed by atoms with Gasteiger partial charge in [-0.05, 0) is 37.1 Å². The Kier molecular flexibility index (Phi) is 4.82. The van der Waals surface area contributed by atoms with Gasteiger partial charge in [-0.2, -0.15) is 0 Å². The zero-order valence-corrected chi connectivity index (χ0v) is 12.9. The van der Waals surface area contributed by atoms with Gasteiger partial charge in [0, 0.05) is 29.0 Å². The summed E-state index contributed by atoms with van der Waals surface area (Å²) in [4.78, 5) is 0. The van der Waals surface area contributed by atoms with E-state index < -0.39 is 0 Å². The molecule has 0 aromatic heterocycles. The fourth-order valence-corrected chi connectivity index (χ4v) is 2.90. The molecule has 0 bridgehead atoms. The minimum atomic E-state index is 0.169. The molecule has 0 saturated carbocycles. The molecule has 0 aliphatic carbocycles. The summed E-state index contributed by atoms with van der Waals surface area (Å²) >= 11 is 3.55. The van der Waals surface area contributed by atoms with E-state index in [1.807, 2.05) is 0 Å². The maximum absolute atomic E-state index is 3.61. The van der Waals surface area contributed by atoms with Crippen molar-refractivity contribution >= 4 is 15.9 Å². The summed E-state index contributed by atoms with van der Waals surface area (Å²) in [6, 6.07) is 9.29. The molecule has 18 heavy (non-hydrogen) atoms. The molecule has 0 radical (unpaired) electrons. The lowest BCUT2D eigenvalue weighted by Crippen LogP contribution is -2.40. The summed E-state index contributed by atoms with van der Waals surface area (Å²) in [6.07, 6.45) is 2.63. The van der Waals surface area contributed by atoms with Crippen LogP contribution in [0.5, 0.6) is 0 Å². The van der Waals surface area contributed by atoms with Gasteiger partial charge < -0.3 is 10.6 Å². The van der Waals surface area contributed by atoms with Crippen LogP contribution in [-0.2, 0) is 5.41 Å². The van der Waals surface area contributed by atoms with Gasteiger partial charge in [0.1, 0.15) is 0 Å². The number of hydrogen-bond acceptors (Lipinski definition) is 2. The Morgan fingerprint density at radius 3 is 2.94 bits per heavy atom. The average molecular weight is 311 g/mol. The van der Waals surface area contributed by atoms with Crippen LogP contribution in [0.2, 0.25) is 0 Å². The molecule has 1 aliphatic rings. The lowest BCUT2D eigenvalue weighted by molar-refractivity contribution is 0.442. The molecule has 1 aliphatic heterocycles. The van der Waals surface area contributed by atoms with Crippen LogP contribution in [0.1, 0.15) is 32.3 Å². The molecular formula is C15H23BrN2. The van der Waals surface area contributed by atoms with Crippen molar-refractivity contribution < 1.29 is 0 Å². The minimum Gasteiger partial charge on any atom is -0.314 e. The molecule has 1 heterocycles. The van der Waals surface area contributed by atoms with Crippen molar-refractivity contribution in [1.29, 1.82) is 0 Å². The van der Waals surface area contributed by atoms with Gasteiger partial charge in [0.05, 0.1) is 0 Å². The SMILES string of the molecule is CC(C)(CNCC1CCCN1)c1cccc(Br)c1. The second-order valence-corrected chi connectivity index (χ2v) is 6.73. The Hall–Kier alpha value is -0.380. The second-order valence-electron chi connectivity index (χ2n) is 5.82. The van der Waals surface area contributed by atoms with Crippen molar-refractivity contribution in [2.24, 2.45) is 0 Å². The van der Waals surface area contributed by atoms with Gasteiger partial charge >= 0.3 is 0 Å². The molecule has 1 aromatic rings. The first-order valence-corrected chi connectivity index (χ1v) is 7.57. The van der Waals surface area contributed by atoms with E-state index in [0.717, 1.165) is 17.6 Å². The zero-order valence-electron chi connectivity index (χ0n) is 11.3. The van der Waals surface area contributed by atoms with Crippen LogP contribution < -0.4 is 10.6 Å². The molecule has 2 rings (SSSR count). The van der Waals surface area contributed by atoms with Crippen LogP contribution in [0, 0.1) is 0 Å². The highest BCUT2D eigenvalue weighted by Crippen LogP contribution is 2.25. The van der Waals surface area contributed by atoms with E-state index in [2.05, 4.69) is 64.7 Å². The van der Waals surface area contributed by atoms with Crippen molar-refractivity contribution in [2.75, 3.05) is 19.6 Å². The quantitative estimate of drug-likeness (QED) is 0.873. The van der Waals surface area contributed by atoms with Gasteiger partial charge in [0.15, 0.2) is 0 Å². The van der Waals surface area contributed by atoms with E-state index >= 15 is 0 Å². The summed E-state index contributed by atoms with van der Waals surface area (Å²) in [5.74, 6) is 0. The molecular weight excluding hydrogens is 288 g/mol. The van der Waals surface area contributed by atoms with Crippen LogP contribution in [0.25, 0.3) is 0 Å². The van der Waals surface area contributed by atoms with Crippen LogP contribution in [-0.4, -0.2) is 25.7 Å². The summed E-state index contributed by atoms with van der Waals surface area (Å²) in [5.41, 5.74) is 1.55. The Morgan fingerprint density at radius 2 is 2.28 bits per heavy atom. The van der Waals surface area contributed by atoms with Crippen molar-refractivity contribution in [1.82, 2.24) is 10.6 Å². The lowest BCUT2D eigenvalue weighted by atomic mass is 9.84. The first-order chi connectivity index (χ1) is 8.58. The Balaban J connectivity index is 1.86. The van der Waals surface area contributed by atoms with E-state index in [9.17, 15) is 0 Å². The maximum atomic E-state index is 3.61. The molecule has 1 atom stereocenters. The topological polar surface area (TPSA) is 24.1 Å². The summed E-state index contributed by atoms with van der Waals surface area (Å²) in [7, 11) is 0. The fraction of sp³-hybridized carbons (Fsp3) is 0.600. The number of rotatable bonds is 5. The molecule has 2 nitrogen and oxygen atoms in total. The number of benzene rings is 1. The molecule has 0 amide bonds. The predicted molar refractivity (Wildman–Crippen MR) is 81.1 cm³/mol. The first kappa shape index (κ1) is 14.0. The van der Waals surface area contributed by atoms with Gasteiger partial charge in [0.25, 0.3) is 0 Å². The first-order valence-electron chi connectivity index (χ1n) is 6.78. The van der Waals surface area contributed by atoms with Crippen molar-refractivity contribution in [3.8, 4) is 0 Å². The third-order valence-electron chi connectivity index (χ3n) is 3.73. The fourth-order valence-electron chi connectivity index (χ4n) is 2.50. The molecule has 3 heteroatoms. The number of halogens is 1. The van der Waals surface area contributed by atoms with Crippen molar-refractivity contribution in [3.05, 3.63) is 34.3 Å². The summed E-state index contributed by atoms with van der Waals surface area (Å²) in [6.45, 7) is 7.87. The normalized spacial score (nSPS) is 20.3. The Labute approximate surface area is 119 Å². The third kappa shape index (κ3) is 3.81. The van der Waals surface area contributed by atoms with Gasteiger partial charge in [-0.15, -0.1) is 0 Å². The zero-order chi connectivity index (χ0) is 13.0. The van der Waals surface area contributed by atoms with Crippen LogP contribution in [0.15, 0.2) is 28.7 Å². The molecule has 1 fully saturated rings. The van der Waals surface area contributed by atoms with Crippen LogP contribution >= 0.6 is 15.9 Å². The summed E-state index contributed by atoms with van der Waals surface area (Å²) in [5, 5.41) is 7.13. The van der Waals surface area contributed by atoms with Gasteiger partial charge in [-0.1, -0.05) is 41.9 Å². The van der Waals surface area contributed by atoms with Crippen molar-refractivity contribution in [2.45, 2.75) is 38.1 Å². The highest BCUT2D eigenvalue weighted by Gasteiger charge is 2.21. The van der Waals surface area contributed by atoms with Gasteiger partial charge in [-0.3, -0.25) is 0 Å². The lowest BCUT2D eigenvalue weighted by Gasteiger charge is -2.27. The highest BCUT2D eigenvalue weighted by atomic mass is 79.9. The number of hydrogen-bond donors (Lipinski definition) is 2. The van der Waals surface area contributed by atoms with E-state index in [1.165, 1.54) is 24.9 Å². The van der Waals surface area contributed by atoms with E-state index in [0.29, 0.717) is 6.04 Å². The molecule has 1 aromatic carbocycles. The molecule has 1 unspecified atom stereocenters. The second kappa shape index (κ2) is 6.18. The molecule has 1 saturated heterocycles. The average Bonchev–Trinajstić information content (AvgIpc) is 2.82. The van der Waals surface area contributed by atoms with Crippen molar-refractivity contribution in [3.63, 3.8) is 0 Å². The van der Waals surface area contributed by atoms with Crippen LogP contribution in [0.4, 0.5) is 0 Å². The largest absolute Gasteiger partial charge is 0.314 e.